The maximum absolute atomic E-state index is 11.4. The molecule has 0 spiro atoms. The van der Waals surface area contributed by atoms with Gasteiger partial charge in [-0.25, -0.2) is 8.42 Å². The minimum atomic E-state index is -3.20. The van der Waals surface area contributed by atoms with E-state index < -0.39 is 9.84 Å². The minimum absolute atomic E-state index is 0.00638. The third-order valence-electron chi connectivity index (χ3n) is 2.97. The molecule has 1 aliphatic carbocycles. The van der Waals surface area contributed by atoms with Crippen LogP contribution >= 0.6 is 15.9 Å². The summed E-state index contributed by atoms with van der Waals surface area (Å²) in [7, 11) is -1.56. The summed E-state index contributed by atoms with van der Waals surface area (Å²) in [5, 5.41) is 0. The van der Waals surface area contributed by atoms with Gasteiger partial charge in [0.1, 0.15) is 18.0 Å². The van der Waals surface area contributed by atoms with E-state index in [0.29, 0.717) is 10.6 Å². The Kier molecular flexibility index (Phi) is 3.99. The highest BCUT2D eigenvalue weighted by Gasteiger charge is 2.41. The molecule has 0 amide bonds. The predicted molar refractivity (Wildman–Crippen MR) is 72.1 cm³/mol. The molecule has 0 heterocycles. The third kappa shape index (κ3) is 2.87. The van der Waals surface area contributed by atoms with Crippen molar-refractivity contribution in [2.24, 2.45) is 0 Å². The van der Waals surface area contributed by atoms with Crippen LogP contribution in [0.4, 0.5) is 0 Å². The van der Waals surface area contributed by atoms with Crippen LogP contribution in [0.25, 0.3) is 0 Å². The molecule has 1 aliphatic rings. The first kappa shape index (κ1) is 13.8. The quantitative estimate of drug-likeness (QED) is 0.790. The normalized spacial score (nSPS) is 27.6. The van der Waals surface area contributed by atoms with E-state index in [9.17, 15) is 8.42 Å². The SMILES string of the molecule is COC1C(Br)CC1Oc1cccc(S(C)(=O)=O)c1. The second kappa shape index (κ2) is 5.19. The van der Waals surface area contributed by atoms with E-state index in [1.165, 1.54) is 6.26 Å². The van der Waals surface area contributed by atoms with Gasteiger partial charge in [-0.1, -0.05) is 22.0 Å². The van der Waals surface area contributed by atoms with Crippen LogP contribution in [-0.4, -0.2) is 38.8 Å². The van der Waals surface area contributed by atoms with Crippen LogP contribution in [0.15, 0.2) is 29.2 Å². The highest BCUT2D eigenvalue weighted by Crippen LogP contribution is 2.34. The molecule has 4 nitrogen and oxygen atoms in total. The average Bonchev–Trinajstić information content (AvgIpc) is 2.28. The third-order valence-corrected chi connectivity index (χ3v) is 4.98. The van der Waals surface area contributed by atoms with Crippen molar-refractivity contribution in [3.8, 4) is 5.75 Å². The Balaban J connectivity index is 2.11. The molecule has 0 bridgehead atoms. The Labute approximate surface area is 115 Å². The van der Waals surface area contributed by atoms with E-state index in [1.54, 1.807) is 31.4 Å². The predicted octanol–water partition coefficient (Wildman–Crippen LogP) is 2.02. The van der Waals surface area contributed by atoms with Gasteiger partial charge in [-0.15, -0.1) is 0 Å². The van der Waals surface area contributed by atoms with E-state index in [-0.39, 0.29) is 17.1 Å². The lowest BCUT2D eigenvalue weighted by Crippen LogP contribution is -2.51. The van der Waals surface area contributed by atoms with Crippen molar-refractivity contribution in [1.82, 2.24) is 0 Å². The van der Waals surface area contributed by atoms with Gasteiger partial charge < -0.3 is 9.47 Å². The van der Waals surface area contributed by atoms with Crippen molar-refractivity contribution in [1.29, 1.82) is 0 Å². The second-order valence-electron chi connectivity index (χ2n) is 4.36. The molecule has 1 saturated carbocycles. The molecule has 1 aromatic rings. The monoisotopic (exact) mass is 334 g/mol. The summed E-state index contributed by atoms with van der Waals surface area (Å²) >= 11 is 3.49. The van der Waals surface area contributed by atoms with E-state index >= 15 is 0 Å². The number of alkyl halides is 1. The number of hydrogen-bond acceptors (Lipinski definition) is 4. The number of methoxy groups -OCH3 is 1. The van der Waals surface area contributed by atoms with Gasteiger partial charge in [0, 0.05) is 24.6 Å². The summed E-state index contributed by atoms with van der Waals surface area (Å²) in [6.45, 7) is 0. The molecular weight excluding hydrogens is 320 g/mol. The molecule has 0 aliphatic heterocycles. The molecule has 3 atom stereocenters. The van der Waals surface area contributed by atoms with Gasteiger partial charge in [0.05, 0.1) is 4.90 Å². The molecule has 0 saturated heterocycles. The minimum Gasteiger partial charge on any atom is -0.488 e. The van der Waals surface area contributed by atoms with Crippen molar-refractivity contribution in [2.75, 3.05) is 13.4 Å². The molecule has 18 heavy (non-hydrogen) atoms. The molecule has 0 N–H and O–H groups in total. The molecule has 1 aromatic carbocycles. The fourth-order valence-corrected chi connectivity index (χ4v) is 3.48. The van der Waals surface area contributed by atoms with Crippen LogP contribution in [0.5, 0.6) is 5.75 Å². The molecule has 3 unspecified atom stereocenters. The van der Waals surface area contributed by atoms with Crippen molar-refractivity contribution in [2.45, 2.75) is 28.4 Å². The Bertz CT molecular complexity index is 529. The molecule has 100 valence electrons. The largest absolute Gasteiger partial charge is 0.488 e. The number of rotatable bonds is 4. The number of halogens is 1. The van der Waals surface area contributed by atoms with Gasteiger partial charge in [-0.2, -0.15) is 0 Å². The average molecular weight is 335 g/mol. The highest BCUT2D eigenvalue weighted by molar-refractivity contribution is 9.09. The van der Waals surface area contributed by atoms with Crippen LogP contribution in [0, 0.1) is 0 Å². The van der Waals surface area contributed by atoms with Crippen LogP contribution in [0.2, 0.25) is 0 Å². The molecule has 0 radical (unpaired) electrons. The maximum Gasteiger partial charge on any atom is 0.175 e. The van der Waals surface area contributed by atoms with Crippen molar-refractivity contribution in [3.63, 3.8) is 0 Å². The van der Waals surface area contributed by atoms with Gasteiger partial charge in [0.2, 0.25) is 0 Å². The Hall–Kier alpha value is -0.590. The van der Waals surface area contributed by atoms with Gasteiger partial charge in [-0.05, 0) is 18.2 Å². The van der Waals surface area contributed by atoms with Crippen LogP contribution < -0.4 is 4.74 Å². The zero-order chi connectivity index (χ0) is 13.3. The summed E-state index contributed by atoms with van der Waals surface area (Å²) in [4.78, 5) is 0.564. The number of benzene rings is 1. The molecule has 1 fully saturated rings. The van der Waals surface area contributed by atoms with E-state index in [4.69, 9.17) is 9.47 Å². The molecule has 0 aromatic heterocycles. The lowest BCUT2D eigenvalue weighted by molar-refractivity contribution is -0.0545. The topological polar surface area (TPSA) is 52.6 Å². The van der Waals surface area contributed by atoms with Gasteiger partial charge >= 0.3 is 0 Å². The van der Waals surface area contributed by atoms with Gasteiger partial charge in [-0.3, -0.25) is 0 Å². The fraction of sp³-hybridized carbons (Fsp3) is 0.500. The van der Waals surface area contributed by atoms with E-state index in [0.717, 1.165) is 6.42 Å². The van der Waals surface area contributed by atoms with Gasteiger partial charge in [0.15, 0.2) is 9.84 Å². The fourth-order valence-electron chi connectivity index (χ4n) is 1.89. The zero-order valence-corrected chi connectivity index (χ0v) is 12.6. The number of sulfone groups is 1. The summed E-state index contributed by atoms with van der Waals surface area (Å²) in [5.41, 5.74) is 0. The Morgan fingerprint density at radius 3 is 2.67 bits per heavy atom. The Morgan fingerprint density at radius 2 is 2.11 bits per heavy atom. The zero-order valence-electron chi connectivity index (χ0n) is 10.2. The maximum atomic E-state index is 11.4. The second-order valence-corrected chi connectivity index (χ2v) is 7.55. The molecule has 2 rings (SSSR count). The van der Waals surface area contributed by atoms with Crippen molar-refractivity contribution in [3.05, 3.63) is 24.3 Å². The van der Waals surface area contributed by atoms with Gasteiger partial charge in [0.25, 0.3) is 0 Å². The number of hydrogen-bond donors (Lipinski definition) is 0. The smallest absolute Gasteiger partial charge is 0.175 e. The van der Waals surface area contributed by atoms with Crippen LogP contribution in [-0.2, 0) is 14.6 Å². The highest BCUT2D eigenvalue weighted by atomic mass is 79.9. The first-order valence-corrected chi connectivity index (χ1v) is 8.36. The summed E-state index contributed by atoms with van der Waals surface area (Å²) in [6, 6.07) is 6.54. The standard InChI is InChI=1S/C12H15BrO4S/c1-16-12-10(13)7-11(12)17-8-4-3-5-9(6-8)18(2,14)15/h3-6,10-12H,7H2,1-2H3. The number of ether oxygens (including phenoxy) is 2. The molecular formula is C12H15BrO4S. The van der Waals surface area contributed by atoms with E-state index in [2.05, 4.69) is 15.9 Å². The van der Waals surface area contributed by atoms with Crippen LogP contribution in [0.1, 0.15) is 6.42 Å². The molecule has 6 heteroatoms. The first-order valence-electron chi connectivity index (χ1n) is 5.55. The first-order chi connectivity index (χ1) is 8.41. The summed E-state index contributed by atoms with van der Waals surface area (Å²) in [5.74, 6) is 0.560. The lowest BCUT2D eigenvalue weighted by Gasteiger charge is -2.40. The van der Waals surface area contributed by atoms with Crippen molar-refractivity contribution < 1.29 is 17.9 Å². The lowest BCUT2D eigenvalue weighted by atomic mass is 9.91. The summed E-state index contributed by atoms with van der Waals surface area (Å²) < 4.78 is 33.9. The van der Waals surface area contributed by atoms with Crippen molar-refractivity contribution >= 4 is 25.8 Å². The Morgan fingerprint density at radius 1 is 1.39 bits per heavy atom. The summed E-state index contributed by atoms with van der Waals surface area (Å²) in [6.07, 6.45) is 2.00. The van der Waals surface area contributed by atoms with Crippen LogP contribution in [0.3, 0.4) is 0 Å². The van der Waals surface area contributed by atoms with E-state index in [1.807, 2.05) is 0 Å².